The van der Waals surface area contributed by atoms with Crippen molar-refractivity contribution in [2.75, 3.05) is 6.26 Å². The standard InChI is InChI=1S/C13H17NS/c1-3-4-10-13(15-2)14-11-12-8-6-5-7-9-12/h3,5-9H,1,4,10-11H2,2H3. The van der Waals surface area contributed by atoms with Crippen molar-refractivity contribution in [1.29, 1.82) is 0 Å². The Labute approximate surface area is 96.3 Å². The first-order valence-corrected chi connectivity index (χ1v) is 6.31. The molecule has 1 aromatic carbocycles. The van der Waals surface area contributed by atoms with Crippen LogP contribution in [-0.4, -0.2) is 11.3 Å². The first kappa shape index (κ1) is 12.1. The summed E-state index contributed by atoms with van der Waals surface area (Å²) in [4.78, 5) is 4.58. The van der Waals surface area contributed by atoms with Crippen LogP contribution in [0.4, 0.5) is 0 Å². The number of hydrogen-bond acceptors (Lipinski definition) is 2. The van der Waals surface area contributed by atoms with Crippen molar-refractivity contribution in [2.24, 2.45) is 4.99 Å². The molecule has 0 aliphatic heterocycles. The maximum atomic E-state index is 4.58. The van der Waals surface area contributed by atoms with Crippen LogP contribution in [0.25, 0.3) is 0 Å². The van der Waals surface area contributed by atoms with Gasteiger partial charge in [0.25, 0.3) is 0 Å². The number of thioether (sulfide) groups is 1. The fourth-order valence-corrected chi connectivity index (χ4v) is 1.75. The molecule has 15 heavy (non-hydrogen) atoms. The lowest BCUT2D eigenvalue weighted by molar-refractivity contribution is 1.03. The Morgan fingerprint density at radius 3 is 2.73 bits per heavy atom. The average molecular weight is 219 g/mol. The highest BCUT2D eigenvalue weighted by molar-refractivity contribution is 8.13. The molecule has 2 heteroatoms. The Bertz CT molecular complexity index is 317. The van der Waals surface area contributed by atoms with Crippen molar-refractivity contribution >= 4 is 16.8 Å². The van der Waals surface area contributed by atoms with Gasteiger partial charge in [0.2, 0.25) is 0 Å². The predicted molar refractivity (Wildman–Crippen MR) is 70.5 cm³/mol. The van der Waals surface area contributed by atoms with Gasteiger partial charge in [-0.25, -0.2) is 0 Å². The highest BCUT2D eigenvalue weighted by atomic mass is 32.2. The fraction of sp³-hybridized carbons (Fsp3) is 0.308. The van der Waals surface area contributed by atoms with Crippen molar-refractivity contribution in [3.05, 3.63) is 48.6 Å². The van der Waals surface area contributed by atoms with Crippen LogP contribution in [0.1, 0.15) is 18.4 Å². The Morgan fingerprint density at radius 1 is 1.40 bits per heavy atom. The molecule has 0 unspecified atom stereocenters. The van der Waals surface area contributed by atoms with Crippen LogP contribution >= 0.6 is 11.8 Å². The SMILES string of the molecule is C=CCCC(=NCc1ccccc1)SC. The lowest BCUT2D eigenvalue weighted by atomic mass is 10.2. The minimum absolute atomic E-state index is 0.786. The highest BCUT2D eigenvalue weighted by Crippen LogP contribution is 2.09. The number of rotatable bonds is 5. The van der Waals surface area contributed by atoms with Crippen molar-refractivity contribution in [2.45, 2.75) is 19.4 Å². The minimum atomic E-state index is 0.786. The molecule has 0 N–H and O–H groups in total. The number of benzene rings is 1. The van der Waals surface area contributed by atoms with E-state index in [1.54, 1.807) is 11.8 Å². The van der Waals surface area contributed by atoms with Crippen LogP contribution in [0.15, 0.2) is 48.0 Å². The summed E-state index contributed by atoms with van der Waals surface area (Å²) in [6, 6.07) is 10.3. The largest absolute Gasteiger partial charge is 0.278 e. The van der Waals surface area contributed by atoms with Crippen molar-refractivity contribution in [1.82, 2.24) is 0 Å². The summed E-state index contributed by atoms with van der Waals surface area (Å²) in [5.41, 5.74) is 1.27. The monoisotopic (exact) mass is 219 g/mol. The van der Waals surface area contributed by atoms with E-state index in [1.807, 2.05) is 24.3 Å². The van der Waals surface area contributed by atoms with Gasteiger partial charge in [0, 0.05) is 0 Å². The van der Waals surface area contributed by atoms with Gasteiger partial charge in [-0.1, -0.05) is 36.4 Å². The molecule has 80 valence electrons. The average Bonchev–Trinajstić information content (AvgIpc) is 2.31. The van der Waals surface area contributed by atoms with Gasteiger partial charge >= 0.3 is 0 Å². The summed E-state index contributed by atoms with van der Waals surface area (Å²) < 4.78 is 0. The summed E-state index contributed by atoms with van der Waals surface area (Å²) in [7, 11) is 0. The molecule has 0 fully saturated rings. The molecule has 0 atom stereocenters. The molecule has 0 heterocycles. The van der Waals surface area contributed by atoms with Gasteiger partial charge in [-0.2, -0.15) is 0 Å². The molecule has 0 radical (unpaired) electrons. The number of hydrogen-bond donors (Lipinski definition) is 0. The van der Waals surface area contributed by atoms with Gasteiger partial charge in [-0.15, -0.1) is 18.3 Å². The van der Waals surface area contributed by atoms with Crippen LogP contribution in [0.5, 0.6) is 0 Å². The van der Waals surface area contributed by atoms with E-state index in [0.717, 1.165) is 19.4 Å². The summed E-state index contributed by atoms with van der Waals surface area (Å²) >= 11 is 1.73. The zero-order valence-corrected chi connectivity index (χ0v) is 9.96. The molecule has 0 amide bonds. The maximum Gasteiger partial charge on any atom is 0.0680 e. The fourth-order valence-electron chi connectivity index (χ4n) is 1.23. The topological polar surface area (TPSA) is 12.4 Å². The molecule has 0 spiro atoms. The molecule has 0 aliphatic rings. The first-order valence-electron chi connectivity index (χ1n) is 5.09. The first-order chi connectivity index (χ1) is 7.36. The molecular formula is C13H17NS. The second kappa shape index (κ2) is 7.30. The molecule has 0 aliphatic carbocycles. The van der Waals surface area contributed by atoms with E-state index in [1.165, 1.54) is 10.6 Å². The molecule has 0 saturated carbocycles. The Morgan fingerprint density at radius 2 is 2.13 bits per heavy atom. The van der Waals surface area contributed by atoms with Crippen LogP contribution in [0.2, 0.25) is 0 Å². The third kappa shape index (κ3) is 4.84. The van der Waals surface area contributed by atoms with Crippen LogP contribution < -0.4 is 0 Å². The van der Waals surface area contributed by atoms with Crippen molar-refractivity contribution < 1.29 is 0 Å². The lowest BCUT2D eigenvalue weighted by Gasteiger charge is -2.01. The van der Waals surface area contributed by atoms with Gasteiger partial charge in [0.05, 0.1) is 11.6 Å². The molecule has 1 aromatic rings. The van der Waals surface area contributed by atoms with E-state index in [2.05, 4.69) is 30.0 Å². The van der Waals surface area contributed by atoms with Gasteiger partial charge in [-0.3, -0.25) is 4.99 Å². The Hall–Kier alpha value is -1.02. The number of nitrogens with zero attached hydrogens (tertiary/aromatic N) is 1. The van der Waals surface area contributed by atoms with E-state index in [9.17, 15) is 0 Å². The molecule has 1 nitrogen and oxygen atoms in total. The summed E-state index contributed by atoms with van der Waals surface area (Å²) in [5, 5.41) is 1.21. The molecule has 0 saturated heterocycles. The van der Waals surface area contributed by atoms with Crippen LogP contribution in [0.3, 0.4) is 0 Å². The van der Waals surface area contributed by atoms with Gasteiger partial charge < -0.3 is 0 Å². The zero-order valence-electron chi connectivity index (χ0n) is 9.15. The quantitative estimate of drug-likeness (QED) is 0.415. The van der Waals surface area contributed by atoms with Gasteiger partial charge in [0.15, 0.2) is 0 Å². The predicted octanol–water partition coefficient (Wildman–Crippen LogP) is 3.91. The van der Waals surface area contributed by atoms with Crippen molar-refractivity contribution in [3.8, 4) is 0 Å². The normalized spacial score (nSPS) is 11.4. The van der Waals surface area contributed by atoms with E-state index < -0.39 is 0 Å². The Kier molecular flexibility index (Phi) is 5.86. The second-order valence-corrected chi connectivity index (χ2v) is 4.11. The smallest absolute Gasteiger partial charge is 0.0680 e. The van der Waals surface area contributed by atoms with Crippen molar-refractivity contribution in [3.63, 3.8) is 0 Å². The lowest BCUT2D eigenvalue weighted by Crippen LogP contribution is -1.92. The van der Waals surface area contributed by atoms with E-state index in [-0.39, 0.29) is 0 Å². The molecular weight excluding hydrogens is 202 g/mol. The third-order valence-corrected chi connectivity index (χ3v) is 2.88. The maximum absolute atomic E-state index is 4.58. The van der Waals surface area contributed by atoms with Crippen LogP contribution in [-0.2, 0) is 6.54 Å². The number of allylic oxidation sites excluding steroid dienone is 1. The highest BCUT2D eigenvalue weighted by Gasteiger charge is 1.95. The summed E-state index contributed by atoms with van der Waals surface area (Å²) in [6.45, 7) is 4.51. The van der Waals surface area contributed by atoms with Gasteiger partial charge in [-0.05, 0) is 24.7 Å². The Balaban J connectivity index is 2.50. The van der Waals surface area contributed by atoms with Crippen LogP contribution in [0, 0.1) is 0 Å². The molecule has 0 aromatic heterocycles. The van der Waals surface area contributed by atoms with Gasteiger partial charge in [0.1, 0.15) is 0 Å². The summed E-state index contributed by atoms with van der Waals surface area (Å²) in [5.74, 6) is 0. The minimum Gasteiger partial charge on any atom is -0.278 e. The second-order valence-electron chi connectivity index (χ2n) is 3.23. The summed E-state index contributed by atoms with van der Waals surface area (Å²) in [6.07, 6.45) is 6.03. The third-order valence-electron chi connectivity index (χ3n) is 2.08. The van der Waals surface area contributed by atoms with E-state index >= 15 is 0 Å². The molecule has 1 rings (SSSR count). The van der Waals surface area contributed by atoms with E-state index in [0.29, 0.717) is 0 Å². The van der Waals surface area contributed by atoms with E-state index in [4.69, 9.17) is 0 Å². The number of aliphatic imine (C=N–C) groups is 1. The zero-order chi connectivity index (χ0) is 10.9. The molecule has 0 bridgehead atoms.